The standard InChI is InChI=1S/C20H23N3O/c1-3-15(2)23(13-16-6-5-11-21-12-16)14-18-10-9-17-7-4-8-19(24)20(17)22-18/h4-12,15,24H,3,13-14H2,1-2H3. The molecule has 1 N–H and O–H groups in total. The Morgan fingerprint density at radius 3 is 2.71 bits per heavy atom. The lowest BCUT2D eigenvalue weighted by molar-refractivity contribution is 0.184. The van der Waals surface area contributed by atoms with Gasteiger partial charge >= 0.3 is 0 Å². The largest absolute Gasteiger partial charge is 0.506 e. The Morgan fingerprint density at radius 2 is 1.96 bits per heavy atom. The molecule has 0 aliphatic heterocycles. The van der Waals surface area contributed by atoms with Gasteiger partial charge in [-0.2, -0.15) is 0 Å². The average molecular weight is 321 g/mol. The van der Waals surface area contributed by atoms with Crippen LogP contribution < -0.4 is 0 Å². The van der Waals surface area contributed by atoms with E-state index in [1.165, 1.54) is 5.56 Å². The lowest BCUT2D eigenvalue weighted by Crippen LogP contribution is -2.32. The number of aromatic nitrogens is 2. The van der Waals surface area contributed by atoms with Crippen molar-refractivity contribution in [2.45, 2.75) is 39.4 Å². The zero-order valence-corrected chi connectivity index (χ0v) is 14.2. The first kappa shape index (κ1) is 16.4. The van der Waals surface area contributed by atoms with E-state index in [1.807, 2.05) is 36.5 Å². The quantitative estimate of drug-likeness (QED) is 0.741. The summed E-state index contributed by atoms with van der Waals surface area (Å²) in [4.78, 5) is 11.3. The van der Waals surface area contributed by atoms with Gasteiger partial charge in [-0.25, -0.2) is 4.98 Å². The SMILES string of the molecule is CCC(C)N(Cc1cccnc1)Cc1ccc2cccc(O)c2n1. The number of hydrogen-bond donors (Lipinski definition) is 1. The maximum Gasteiger partial charge on any atom is 0.141 e. The number of phenols is 1. The summed E-state index contributed by atoms with van der Waals surface area (Å²) in [6.07, 6.45) is 4.78. The van der Waals surface area contributed by atoms with Gasteiger partial charge in [0.1, 0.15) is 11.3 Å². The fourth-order valence-electron chi connectivity index (χ4n) is 2.82. The molecule has 0 saturated heterocycles. The lowest BCUT2D eigenvalue weighted by atomic mass is 10.1. The van der Waals surface area contributed by atoms with Crippen LogP contribution in [0.25, 0.3) is 10.9 Å². The van der Waals surface area contributed by atoms with Gasteiger partial charge in [-0.05, 0) is 37.1 Å². The number of fused-ring (bicyclic) bond motifs is 1. The molecule has 1 unspecified atom stereocenters. The molecule has 0 spiro atoms. The summed E-state index contributed by atoms with van der Waals surface area (Å²) in [5, 5.41) is 11.0. The van der Waals surface area contributed by atoms with Crippen molar-refractivity contribution < 1.29 is 5.11 Å². The van der Waals surface area contributed by atoms with Crippen LogP contribution in [0.1, 0.15) is 31.5 Å². The molecule has 1 atom stereocenters. The molecule has 3 rings (SSSR count). The van der Waals surface area contributed by atoms with Crippen molar-refractivity contribution in [2.24, 2.45) is 0 Å². The molecule has 0 amide bonds. The summed E-state index contributed by atoms with van der Waals surface area (Å²) < 4.78 is 0. The van der Waals surface area contributed by atoms with Crippen LogP contribution in [0.5, 0.6) is 5.75 Å². The average Bonchev–Trinajstić information content (AvgIpc) is 2.62. The van der Waals surface area contributed by atoms with Gasteiger partial charge in [0.15, 0.2) is 0 Å². The second kappa shape index (κ2) is 7.41. The van der Waals surface area contributed by atoms with Crippen molar-refractivity contribution in [3.63, 3.8) is 0 Å². The van der Waals surface area contributed by atoms with Crippen LogP contribution in [0.3, 0.4) is 0 Å². The molecule has 0 saturated carbocycles. The van der Waals surface area contributed by atoms with Crippen molar-refractivity contribution >= 4 is 10.9 Å². The van der Waals surface area contributed by atoms with Crippen LogP contribution >= 0.6 is 0 Å². The van der Waals surface area contributed by atoms with Gasteiger partial charge in [-0.15, -0.1) is 0 Å². The van der Waals surface area contributed by atoms with Gasteiger partial charge in [0.2, 0.25) is 0 Å². The Morgan fingerprint density at radius 1 is 1.08 bits per heavy atom. The smallest absolute Gasteiger partial charge is 0.141 e. The van der Waals surface area contributed by atoms with Crippen molar-refractivity contribution in [1.29, 1.82) is 0 Å². The highest BCUT2D eigenvalue weighted by Crippen LogP contribution is 2.23. The first-order valence-corrected chi connectivity index (χ1v) is 8.38. The second-order valence-corrected chi connectivity index (χ2v) is 6.17. The Bertz CT molecular complexity index is 804. The summed E-state index contributed by atoms with van der Waals surface area (Å²) in [5.41, 5.74) is 2.83. The number of hydrogen-bond acceptors (Lipinski definition) is 4. The second-order valence-electron chi connectivity index (χ2n) is 6.17. The fraction of sp³-hybridized carbons (Fsp3) is 0.300. The summed E-state index contributed by atoms with van der Waals surface area (Å²) >= 11 is 0. The normalized spacial score (nSPS) is 12.6. The molecular formula is C20H23N3O. The number of para-hydroxylation sites is 1. The number of benzene rings is 1. The van der Waals surface area contributed by atoms with Crippen LogP contribution in [0.2, 0.25) is 0 Å². The third-order valence-electron chi connectivity index (χ3n) is 4.44. The highest BCUT2D eigenvalue weighted by Gasteiger charge is 2.15. The van der Waals surface area contributed by atoms with E-state index in [2.05, 4.69) is 34.8 Å². The van der Waals surface area contributed by atoms with Gasteiger partial charge in [0, 0.05) is 36.9 Å². The van der Waals surface area contributed by atoms with E-state index in [4.69, 9.17) is 0 Å². The molecule has 0 radical (unpaired) electrons. The number of aromatic hydroxyl groups is 1. The topological polar surface area (TPSA) is 49.2 Å². The monoisotopic (exact) mass is 321 g/mol. The first-order valence-electron chi connectivity index (χ1n) is 8.38. The minimum atomic E-state index is 0.233. The molecule has 124 valence electrons. The Kier molecular flexibility index (Phi) is 5.06. The Balaban J connectivity index is 1.85. The van der Waals surface area contributed by atoms with E-state index < -0.39 is 0 Å². The van der Waals surface area contributed by atoms with E-state index in [0.717, 1.165) is 30.6 Å². The van der Waals surface area contributed by atoms with Crippen molar-refractivity contribution in [2.75, 3.05) is 0 Å². The number of phenolic OH excluding ortho intramolecular Hbond substituents is 1. The molecule has 0 aliphatic rings. The molecule has 2 heterocycles. The van der Waals surface area contributed by atoms with E-state index in [-0.39, 0.29) is 5.75 Å². The van der Waals surface area contributed by atoms with Crippen LogP contribution in [0.15, 0.2) is 54.9 Å². The number of nitrogens with zero attached hydrogens (tertiary/aromatic N) is 3. The van der Waals surface area contributed by atoms with E-state index in [9.17, 15) is 5.11 Å². The summed E-state index contributed by atoms with van der Waals surface area (Å²) in [7, 11) is 0. The fourth-order valence-corrected chi connectivity index (χ4v) is 2.82. The predicted molar refractivity (Wildman–Crippen MR) is 96.6 cm³/mol. The van der Waals surface area contributed by atoms with Gasteiger partial charge in [0.25, 0.3) is 0 Å². The molecular weight excluding hydrogens is 298 g/mol. The Hall–Kier alpha value is -2.46. The zero-order chi connectivity index (χ0) is 16.9. The molecule has 0 bridgehead atoms. The molecule has 4 heteroatoms. The van der Waals surface area contributed by atoms with Gasteiger partial charge < -0.3 is 5.11 Å². The molecule has 0 fully saturated rings. The van der Waals surface area contributed by atoms with Crippen LogP contribution in [0, 0.1) is 0 Å². The third kappa shape index (κ3) is 3.71. The van der Waals surface area contributed by atoms with Crippen molar-refractivity contribution in [3.8, 4) is 5.75 Å². The number of pyridine rings is 2. The summed E-state index contributed by atoms with van der Waals surface area (Å²) in [6, 6.07) is 14.1. The minimum Gasteiger partial charge on any atom is -0.506 e. The lowest BCUT2D eigenvalue weighted by Gasteiger charge is -2.28. The van der Waals surface area contributed by atoms with E-state index >= 15 is 0 Å². The molecule has 2 aromatic heterocycles. The first-order chi connectivity index (χ1) is 11.7. The Labute approximate surface area is 142 Å². The van der Waals surface area contributed by atoms with Gasteiger partial charge in [-0.1, -0.05) is 31.2 Å². The maximum atomic E-state index is 10.0. The van der Waals surface area contributed by atoms with Crippen LogP contribution in [-0.4, -0.2) is 26.0 Å². The summed E-state index contributed by atoms with van der Waals surface area (Å²) in [6.45, 7) is 6.01. The third-order valence-corrected chi connectivity index (χ3v) is 4.44. The molecule has 3 aromatic rings. The van der Waals surface area contributed by atoms with Gasteiger partial charge in [-0.3, -0.25) is 9.88 Å². The van der Waals surface area contributed by atoms with Crippen LogP contribution in [-0.2, 0) is 13.1 Å². The molecule has 0 aliphatic carbocycles. The maximum absolute atomic E-state index is 10.0. The zero-order valence-electron chi connectivity index (χ0n) is 14.2. The summed E-state index contributed by atoms with van der Waals surface area (Å²) in [5.74, 6) is 0.233. The molecule has 24 heavy (non-hydrogen) atoms. The molecule has 1 aromatic carbocycles. The van der Waals surface area contributed by atoms with Crippen molar-refractivity contribution in [3.05, 3.63) is 66.1 Å². The highest BCUT2D eigenvalue weighted by molar-refractivity contribution is 5.84. The highest BCUT2D eigenvalue weighted by atomic mass is 16.3. The van der Waals surface area contributed by atoms with Crippen molar-refractivity contribution in [1.82, 2.24) is 14.9 Å². The van der Waals surface area contributed by atoms with E-state index in [0.29, 0.717) is 11.6 Å². The van der Waals surface area contributed by atoms with Crippen LogP contribution in [0.4, 0.5) is 0 Å². The molecule has 4 nitrogen and oxygen atoms in total. The number of rotatable bonds is 6. The predicted octanol–water partition coefficient (Wildman–Crippen LogP) is 4.14. The van der Waals surface area contributed by atoms with Gasteiger partial charge in [0.05, 0.1) is 5.69 Å². The van der Waals surface area contributed by atoms with E-state index in [1.54, 1.807) is 12.3 Å². The minimum absolute atomic E-state index is 0.233.